The lowest BCUT2D eigenvalue weighted by Gasteiger charge is -2.11. The van der Waals surface area contributed by atoms with Gasteiger partial charge in [0.25, 0.3) is 0 Å². The summed E-state index contributed by atoms with van der Waals surface area (Å²) in [6, 6.07) is 12.1. The van der Waals surface area contributed by atoms with Crippen LogP contribution >= 0.6 is 0 Å². The van der Waals surface area contributed by atoms with Crippen LogP contribution in [0.3, 0.4) is 0 Å². The van der Waals surface area contributed by atoms with E-state index in [9.17, 15) is 13.2 Å². The van der Waals surface area contributed by atoms with Crippen molar-refractivity contribution in [2.75, 3.05) is 0 Å². The lowest BCUT2D eigenvalue weighted by Crippen LogP contribution is -1.98. The zero-order chi connectivity index (χ0) is 19.4. The van der Waals surface area contributed by atoms with Gasteiger partial charge >= 0.3 is 0 Å². The Hall–Kier alpha value is -2.81. The molecule has 0 radical (unpaired) electrons. The number of rotatable bonds is 7. The van der Waals surface area contributed by atoms with Gasteiger partial charge in [0, 0.05) is 5.56 Å². The van der Waals surface area contributed by atoms with Crippen molar-refractivity contribution >= 4 is 10.8 Å². The van der Waals surface area contributed by atoms with Gasteiger partial charge in [-0.05, 0) is 53.8 Å². The monoisotopic (exact) mass is 366 g/mol. The number of hydrogen-bond donors (Lipinski definition) is 0. The molecule has 0 aliphatic carbocycles. The normalized spacial score (nSPS) is 10.9. The molecule has 27 heavy (non-hydrogen) atoms. The third kappa shape index (κ3) is 3.82. The van der Waals surface area contributed by atoms with Gasteiger partial charge in [0.05, 0.1) is 5.39 Å². The van der Waals surface area contributed by atoms with Crippen molar-refractivity contribution in [1.29, 1.82) is 0 Å². The summed E-state index contributed by atoms with van der Waals surface area (Å²) in [5, 5.41) is 0.0555. The molecule has 0 saturated carbocycles. The van der Waals surface area contributed by atoms with Crippen molar-refractivity contribution in [3.63, 3.8) is 0 Å². The molecule has 0 atom stereocenters. The Kier molecular flexibility index (Phi) is 5.80. The van der Waals surface area contributed by atoms with E-state index in [2.05, 4.69) is 13.2 Å². The van der Waals surface area contributed by atoms with Crippen molar-refractivity contribution in [1.82, 2.24) is 0 Å². The van der Waals surface area contributed by atoms with Crippen LogP contribution in [0.5, 0.6) is 0 Å². The fraction of sp³-hybridized carbons (Fsp3) is 0.167. The van der Waals surface area contributed by atoms with Crippen molar-refractivity contribution in [3.8, 4) is 11.1 Å². The van der Waals surface area contributed by atoms with Crippen LogP contribution in [0.25, 0.3) is 21.9 Å². The van der Waals surface area contributed by atoms with Crippen molar-refractivity contribution in [3.05, 3.63) is 96.4 Å². The topological polar surface area (TPSA) is 0 Å². The van der Waals surface area contributed by atoms with Crippen LogP contribution in [0.1, 0.15) is 24.0 Å². The maximum Gasteiger partial charge on any atom is 0.170 e. The quantitative estimate of drug-likeness (QED) is 0.389. The number of hydrogen-bond acceptors (Lipinski definition) is 0. The Morgan fingerprint density at radius 2 is 1.41 bits per heavy atom. The molecular formula is C24H21F3. The minimum atomic E-state index is -1.14. The maximum atomic E-state index is 14.7. The van der Waals surface area contributed by atoms with E-state index in [1.165, 1.54) is 6.07 Å². The molecule has 0 bridgehead atoms. The standard InChI is InChI=1S/C24H21F3/c1-3-5-7-16-9-11-17(12-10-16)20-15-19-14-13-18(8-6-4-2)22(25)21(19)24(27)23(20)26/h3-4,9-15H,1-2,5-8H2. The summed E-state index contributed by atoms with van der Waals surface area (Å²) in [6.45, 7) is 7.30. The minimum absolute atomic E-state index is 0.133. The highest BCUT2D eigenvalue weighted by molar-refractivity contribution is 5.89. The average Bonchev–Trinajstić information content (AvgIpc) is 2.69. The number of fused-ring (bicyclic) bond motifs is 1. The Morgan fingerprint density at radius 3 is 2.07 bits per heavy atom. The summed E-state index contributed by atoms with van der Waals surface area (Å²) in [4.78, 5) is 0. The maximum absolute atomic E-state index is 14.7. The molecule has 0 nitrogen and oxygen atoms in total. The van der Waals surface area contributed by atoms with E-state index in [1.54, 1.807) is 30.3 Å². The Labute approximate surface area is 157 Å². The molecule has 0 spiro atoms. The smallest absolute Gasteiger partial charge is 0.170 e. The Morgan fingerprint density at radius 1 is 0.741 bits per heavy atom. The lowest BCUT2D eigenvalue weighted by molar-refractivity contribution is 0.513. The van der Waals surface area contributed by atoms with Gasteiger partial charge in [-0.25, -0.2) is 13.2 Å². The SMILES string of the molecule is C=CCCc1ccc(-c2cc3ccc(CCC=C)c(F)c3c(F)c2F)cc1. The Balaban J connectivity index is 2.06. The first-order valence-electron chi connectivity index (χ1n) is 8.97. The third-order valence-electron chi connectivity index (χ3n) is 4.72. The molecule has 0 aliphatic rings. The van der Waals surface area contributed by atoms with Crippen LogP contribution in [0, 0.1) is 17.5 Å². The largest absolute Gasteiger partial charge is 0.206 e. The van der Waals surface area contributed by atoms with E-state index in [0.717, 1.165) is 18.4 Å². The first-order chi connectivity index (χ1) is 13.1. The highest BCUT2D eigenvalue weighted by atomic mass is 19.2. The van der Waals surface area contributed by atoms with Crippen LogP contribution < -0.4 is 0 Å². The summed E-state index contributed by atoms with van der Waals surface area (Å²) in [6.07, 6.45) is 6.18. The van der Waals surface area contributed by atoms with Crippen molar-refractivity contribution in [2.45, 2.75) is 25.7 Å². The summed E-state index contributed by atoms with van der Waals surface area (Å²) in [5.74, 6) is -2.87. The van der Waals surface area contributed by atoms with Gasteiger partial charge in [-0.2, -0.15) is 0 Å². The molecule has 3 heteroatoms. The molecule has 3 aromatic rings. The molecule has 0 fully saturated rings. The summed E-state index contributed by atoms with van der Waals surface area (Å²) in [7, 11) is 0. The van der Waals surface area contributed by atoms with Crippen molar-refractivity contribution in [2.24, 2.45) is 0 Å². The van der Waals surface area contributed by atoms with Crippen LogP contribution in [0.2, 0.25) is 0 Å². The van der Waals surface area contributed by atoms with Gasteiger partial charge in [0.15, 0.2) is 11.6 Å². The first-order valence-corrected chi connectivity index (χ1v) is 8.97. The van der Waals surface area contributed by atoms with Gasteiger partial charge in [0.2, 0.25) is 0 Å². The van der Waals surface area contributed by atoms with E-state index < -0.39 is 17.5 Å². The molecule has 138 valence electrons. The van der Waals surface area contributed by atoms with Gasteiger partial charge in [0.1, 0.15) is 5.82 Å². The van der Waals surface area contributed by atoms with E-state index >= 15 is 0 Å². The van der Waals surface area contributed by atoms with Gasteiger partial charge in [-0.3, -0.25) is 0 Å². The van der Waals surface area contributed by atoms with Gasteiger partial charge < -0.3 is 0 Å². The molecule has 0 saturated heterocycles. The molecule has 0 unspecified atom stereocenters. The lowest BCUT2D eigenvalue weighted by atomic mass is 9.96. The predicted molar refractivity (Wildman–Crippen MR) is 106 cm³/mol. The molecule has 3 aromatic carbocycles. The molecule has 0 heterocycles. The molecule has 0 aromatic heterocycles. The van der Waals surface area contributed by atoms with Crippen LogP contribution in [0.15, 0.2) is 67.8 Å². The number of allylic oxidation sites excluding steroid dienone is 2. The molecule has 0 amide bonds. The third-order valence-corrected chi connectivity index (χ3v) is 4.72. The second kappa shape index (κ2) is 8.26. The fourth-order valence-corrected chi connectivity index (χ4v) is 3.20. The highest BCUT2D eigenvalue weighted by Gasteiger charge is 2.19. The predicted octanol–water partition coefficient (Wildman–Crippen LogP) is 7.16. The van der Waals surface area contributed by atoms with Crippen LogP contribution in [-0.2, 0) is 12.8 Å². The second-order valence-electron chi connectivity index (χ2n) is 6.54. The minimum Gasteiger partial charge on any atom is -0.206 e. The first kappa shape index (κ1) is 19.0. The fourth-order valence-electron chi connectivity index (χ4n) is 3.20. The number of halogens is 3. The van der Waals surface area contributed by atoms with Crippen molar-refractivity contribution < 1.29 is 13.2 Å². The summed E-state index contributed by atoms with van der Waals surface area (Å²) in [5.41, 5.74) is 2.15. The molecular weight excluding hydrogens is 345 g/mol. The summed E-state index contributed by atoms with van der Waals surface area (Å²) >= 11 is 0. The zero-order valence-electron chi connectivity index (χ0n) is 15.1. The second-order valence-corrected chi connectivity index (χ2v) is 6.54. The van der Waals surface area contributed by atoms with E-state index in [0.29, 0.717) is 29.4 Å². The van der Waals surface area contributed by atoms with Crippen LogP contribution in [0.4, 0.5) is 13.2 Å². The average molecular weight is 366 g/mol. The summed E-state index contributed by atoms with van der Waals surface area (Å²) < 4.78 is 44.1. The van der Waals surface area contributed by atoms with Crippen LogP contribution in [-0.4, -0.2) is 0 Å². The zero-order valence-corrected chi connectivity index (χ0v) is 15.1. The number of aryl methyl sites for hydroxylation is 2. The number of benzene rings is 3. The highest BCUT2D eigenvalue weighted by Crippen LogP contribution is 2.33. The van der Waals surface area contributed by atoms with Gasteiger partial charge in [-0.15, -0.1) is 13.2 Å². The van der Waals surface area contributed by atoms with E-state index in [1.807, 2.05) is 18.2 Å². The molecule has 0 N–H and O–H groups in total. The van der Waals surface area contributed by atoms with Gasteiger partial charge in [-0.1, -0.05) is 48.6 Å². The Bertz CT molecular complexity index is 985. The molecule has 3 rings (SSSR count). The van der Waals surface area contributed by atoms with E-state index in [4.69, 9.17) is 0 Å². The molecule has 0 aliphatic heterocycles. The van der Waals surface area contributed by atoms with E-state index in [-0.39, 0.29) is 10.9 Å².